The lowest BCUT2D eigenvalue weighted by atomic mass is 10.5. The molecule has 0 fully saturated rings. The minimum atomic E-state index is -0.889. The van der Waals surface area contributed by atoms with Crippen molar-refractivity contribution in [3.8, 4) is 37.0 Å². The number of carbonyl (C=O) groups excluding carboxylic acids is 3. The second-order valence-electron chi connectivity index (χ2n) is 3.35. The van der Waals surface area contributed by atoms with Crippen molar-refractivity contribution < 1.29 is 14.4 Å². The fourth-order valence-electron chi connectivity index (χ4n) is 1.12. The van der Waals surface area contributed by atoms with Gasteiger partial charge < -0.3 is 4.90 Å². The average molecular weight is 259 g/mol. The maximum absolute atomic E-state index is 11.9. The molecule has 0 aliphatic rings. The van der Waals surface area contributed by atoms with Gasteiger partial charge in [0, 0.05) is 7.05 Å². The highest BCUT2D eigenvalue weighted by Crippen LogP contribution is 2.02. The van der Waals surface area contributed by atoms with Gasteiger partial charge in [0.25, 0.3) is 0 Å². The van der Waals surface area contributed by atoms with E-state index >= 15 is 0 Å². The lowest BCUT2D eigenvalue weighted by Gasteiger charge is -2.26. The molecule has 0 N–H and O–H groups in total. The second-order valence-corrected chi connectivity index (χ2v) is 3.35. The molecule has 5 amide bonds. The van der Waals surface area contributed by atoms with E-state index in [9.17, 15) is 14.4 Å². The molecule has 0 aromatic heterocycles. The Morgan fingerprint density at radius 2 is 1.53 bits per heavy atom. The molecule has 0 aromatic carbocycles. The first-order valence-corrected chi connectivity index (χ1v) is 5.12. The van der Waals surface area contributed by atoms with Crippen LogP contribution in [0.5, 0.6) is 0 Å². The van der Waals surface area contributed by atoms with Gasteiger partial charge in [0.2, 0.25) is 6.41 Å². The van der Waals surface area contributed by atoms with Gasteiger partial charge in [-0.05, 0) is 0 Å². The molecule has 0 saturated heterocycles. The third-order valence-electron chi connectivity index (χ3n) is 2.00. The zero-order valence-electron chi connectivity index (χ0n) is 10.5. The molecular weight excluding hydrogens is 246 g/mol. The number of hydrogen-bond acceptors (Lipinski definition) is 3. The molecule has 6 heteroatoms. The van der Waals surface area contributed by atoms with E-state index in [2.05, 4.69) is 17.8 Å². The van der Waals surface area contributed by atoms with Crippen LogP contribution in [0.1, 0.15) is 0 Å². The van der Waals surface area contributed by atoms with Crippen LogP contribution in [0.4, 0.5) is 9.59 Å². The SMILES string of the molecule is C#CCN(C)C(=O)N(CC#C)C(=O)N(C=O)CC#C. The summed E-state index contributed by atoms with van der Waals surface area (Å²) in [5.41, 5.74) is 0. The smallest absolute Gasteiger partial charge is 0.316 e. The summed E-state index contributed by atoms with van der Waals surface area (Å²) in [6.07, 6.45) is 15.4. The van der Waals surface area contributed by atoms with Crippen molar-refractivity contribution in [2.24, 2.45) is 0 Å². The van der Waals surface area contributed by atoms with Crippen LogP contribution in [0.25, 0.3) is 0 Å². The predicted octanol–water partition coefficient (Wildman–Crippen LogP) is -0.182. The third-order valence-corrected chi connectivity index (χ3v) is 2.00. The van der Waals surface area contributed by atoms with E-state index in [0.717, 1.165) is 4.90 Å². The topological polar surface area (TPSA) is 60.9 Å². The van der Waals surface area contributed by atoms with E-state index in [1.54, 1.807) is 0 Å². The van der Waals surface area contributed by atoms with E-state index in [-0.39, 0.29) is 26.0 Å². The van der Waals surface area contributed by atoms with Crippen LogP contribution >= 0.6 is 0 Å². The molecule has 0 rings (SSSR count). The van der Waals surface area contributed by atoms with Crippen molar-refractivity contribution >= 4 is 18.5 Å². The lowest BCUT2D eigenvalue weighted by molar-refractivity contribution is -0.115. The highest BCUT2D eigenvalue weighted by atomic mass is 16.2. The molecule has 0 saturated carbocycles. The number of imide groups is 2. The molecule has 0 aliphatic carbocycles. The standard InChI is InChI=1S/C13H13N3O3/c1-5-8-14(4)12(18)16(10-7-3)13(19)15(11-17)9-6-2/h1-3,11H,8-10H2,4H3. The van der Waals surface area contributed by atoms with Gasteiger partial charge in [0.05, 0.1) is 19.6 Å². The van der Waals surface area contributed by atoms with Gasteiger partial charge in [0.15, 0.2) is 0 Å². The molecule has 0 heterocycles. The van der Waals surface area contributed by atoms with Gasteiger partial charge in [-0.25, -0.2) is 14.5 Å². The van der Waals surface area contributed by atoms with Gasteiger partial charge in [0.1, 0.15) is 0 Å². The first-order chi connectivity index (χ1) is 9.03. The summed E-state index contributed by atoms with van der Waals surface area (Å²) in [6.45, 7) is -0.541. The van der Waals surface area contributed by atoms with Crippen molar-refractivity contribution in [1.82, 2.24) is 14.7 Å². The maximum atomic E-state index is 11.9. The Balaban J connectivity index is 5.11. The number of hydrogen-bond donors (Lipinski definition) is 0. The highest BCUT2D eigenvalue weighted by Gasteiger charge is 2.27. The monoisotopic (exact) mass is 259 g/mol. The van der Waals surface area contributed by atoms with Gasteiger partial charge in [-0.1, -0.05) is 17.8 Å². The normalized spacial score (nSPS) is 8.32. The van der Waals surface area contributed by atoms with E-state index < -0.39 is 12.1 Å². The molecule has 0 unspecified atom stereocenters. The zero-order chi connectivity index (χ0) is 14.8. The molecule has 0 spiro atoms. The number of nitrogens with zero attached hydrogens (tertiary/aromatic N) is 3. The molecule has 6 nitrogen and oxygen atoms in total. The number of carbonyl (C=O) groups is 3. The Labute approximate surface area is 112 Å². The molecule has 0 bridgehead atoms. The van der Waals surface area contributed by atoms with Gasteiger partial charge >= 0.3 is 12.1 Å². The lowest BCUT2D eigenvalue weighted by Crippen LogP contribution is -2.50. The number of rotatable bonds is 4. The van der Waals surface area contributed by atoms with Gasteiger partial charge in [-0.2, -0.15) is 0 Å². The minimum Gasteiger partial charge on any atom is -0.316 e. The molecular formula is C13H13N3O3. The van der Waals surface area contributed by atoms with Crippen LogP contribution in [0.2, 0.25) is 0 Å². The molecule has 0 aliphatic heterocycles. The fourth-order valence-corrected chi connectivity index (χ4v) is 1.12. The highest BCUT2D eigenvalue weighted by molar-refractivity contribution is 5.97. The first kappa shape index (κ1) is 16.1. The molecule has 0 aromatic rings. The number of terminal acetylenes is 3. The van der Waals surface area contributed by atoms with Crippen LogP contribution in [-0.4, -0.2) is 59.9 Å². The van der Waals surface area contributed by atoms with E-state index in [4.69, 9.17) is 19.3 Å². The van der Waals surface area contributed by atoms with Crippen molar-refractivity contribution in [3.63, 3.8) is 0 Å². The average Bonchev–Trinajstić information content (AvgIpc) is 2.41. The van der Waals surface area contributed by atoms with Crippen LogP contribution in [0.15, 0.2) is 0 Å². The van der Waals surface area contributed by atoms with Crippen LogP contribution < -0.4 is 0 Å². The van der Waals surface area contributed by atoms with Crippen LogP contribution in [-0.2, 0) is 4.79 Å². The summed E-state index contributed by atoms with van der Waals surface area (Å²) in [7, 11) is 1.41. The van der Waals surface area contributed by atoms with Crippen LogP contribution in [0.3, 0.4) is 0 Å². The van der Waals surface area contributed by atoms with Crippen molar-refractivity contribution in [3.05, 3.63) is 0 Å². The van der Waals surface area contributed by atoms with E-state index in [1.807, 2.05) is 0 Å². The van der Waals surface area contributed by atoms with Gasteiger partial charge in [-0.15, -0.1) is 19.3 Å². The quantitative estimate of drug-likeness (QED) is 0.519. The summed E-state index contributed by atoms with van der Waals surface area (Å²) in [5, 5.41) is 0. The van der Waals surface area contributed by atoms with E-state index in [1.165, 1.54) is 7.05 Å². The van der Waals surface area contributed by atoms with Crippen molar-refractivity contribution in [2.45, 2.75) is 0 Å². The Kier molecular flexibility index (Phi) is 6.96. The minimum absolute atomic E-state index is 0.00339. The Bertz CT molecular complexity index is 479. The van der Waals surface area contributed by atoms with Crippen LogP contribution in [0, 0.1) is 37.0 Å². The first-order valence-electron chi connectivity index (χ1n) is 5.12. The summed E-state index contributed by atoms with van der Waals surface area (Å²) >= 11 is 0. The van der Waals surface area contributed by atoms with Crippen molar-refractivity contribution in [2.75, 3.05) is 26.7 Å². The maximum Gasteiger partial charge on any atom is 0.336 e. The van der Waals surface area contributed by atoms with E-state index in [0.29, 0.717) is 9.80 Å². The van der Waals surface area contributed by atoms with Crippen molar-refractivity contribution in [1.29, 1.82) is 0 Å². The molecule has 0 radical (unpaired) electrons. The zero-order valence-corrected chi connectivity index (χ0v) is 10.5. The fraction of sp³-hybridized carbons (Fsp3) is 0.308. The summed E-state index contributed by atoms with van der Waals surface area (Å²) < 4.78 is 0. The Morgan fingerprint density at radius 3 is 1.95 bits per heavy atom. The summed E-state index contributed by atoms with van der Waals surface area (Å²) in [6, 6.07) is -1.59. The number of amides is 5. The Hall–Kier alpha value is -2.91. The Morgan fingerprint density at radius 1 is 1.00 bits per heavy atom. The predicted molar refractivity (Wildman–Crippen MR) is 69.4 cm³/mol. The second kappa shape index (κ2) is 8.22. The molecule has 0 atom stereocenters. The summed E-state index contributed by atoms with van der Waals surface area (Å²) in [5.74, 6) is 6.54. The largest absolute Gasteiger partial charge is 0.336 e. The summed E-state index contributed by atoms with van der Waals surface area (Å²) in [4.78, 5) is 37.1. The molecule has 19 heavy (non-hydrogen) atoms. The molecule has 98 valence electrons. The van der Waals surface area contributed by atoms with Gasteiger partial charge in [-0.3, -0.25) is 9.69 Å². The third kappa shape index (κ3) is 4.46. The number of urea groups is 2.